The van der Waals surface area contributed by atoms with Gasteiger partial charge in [0.1, 0.15) is 0 Å². The summed E-state index contributed by atoms with van der Waals surface area (Å²) < 4.78 is 1.31. The largest absolute Gasteiger partial charge is 0.299 e. The summed E-state index contributed by atoms with van der Waals surface area (Å²) in [7, 11) is 0. The Kier molecular flexibility index (Phi) is 4.44. The van der Waals surface area contributed by atoms with Crippen LogP contribution in [-0.2, 0) is 6.54 Å². The fraction of sp³-hybridized carbons (Fsp3) is 0.538. The van der Waals surface area contributed by atoms with Crippen LogP contribution in [0.3, 0.4) is 0 Å². The molecular formula is C13H18IN. The second-order valence-electron chi connectivity index (χ2n) is 4.38. The summed E-state index contributed by atoms with van der Waals surface area (Å²) in [5.74, 6) is 0.920. The number of hydrogen-bond acceptors (Lipinski definition) is 1. The van der Waals surface area contributed by atoms with E-state index in [4.69, 9.17) is 0 Å². The Morgan fingerprint density at radius 3 is 2.80 bits per heavy atom. The van der Waals surface area contributed by atoms with E-state index >= 15 is 0 Å². The average Bonchev–Trinajstić information content (AvgIpc) is 2.31. The SMILES string of the molecule is IC[C@H]1CCCN(Cc2ccccc2)C1. The number of rotatable bonds is 3. The quantitative estimate of drug-likeness (QED) is 0.611. The Balaban J connectivity index is 1.89. The number of likely N-dealkylation sites (tertiary alicyclic amines) is 1. The number of nitrogens with zero attached hydrogens (tertiary/aromatic N) is 1. The van der Waals surface area contributed by atoms with Crippen molar-refractivity contribution < 1.29 is 0 Å². The van der Waals surface area contributed by atoms with Crippen molar-refractivity contribution in [2.45, 2.75) is 19.4 Å². The van der Waals surface area contributed by atoms with Gasteiger partial charge < -0.3 is 0 Å². The van der Waals surface area contributed by atoms with Crippen molar-refractivity contribution in [3.63, 3.8) is 0 Å². The third-order valence-electron chi connectivity index (χ3n) is 3.07. The van der Waals surface area contributed by atoms with Gasteiger partial charge in [-0.1, -0.05) is 52.9 Å². The first-order chi connectivity index (χ1) is 7.38. The molecule has 2 heteroatoms. The fourth-order valence-corrected chi connectivity index (χ4v) is 2.98. The molecule has 0 aliphatic carbocycles. The predicted octanol–water partition coefficient (Wildman–Crippen LogP) is 3.33. The molecule has 1 aliphatic heterocycles. The highest BCUT2D eigenvalue weighted by atomic mass is 127. The summed E-state index contributed by atoms with van der Waals surface area (Å²) >= 11 is 2.52. The predicted molar refractivity (Wildman–Crippen MR) is 73.3 cm³/mol. The third kappa shape index (κ3) is 3.45. The zero-order valence-corrected chi connectivity index (χ0v) is 11.2. The van der Waals surface area contributed by atoms with Gasteiger partial charge in [-0.25, -0.2) is 0 Å². The lowest BCUT2D eigenvalue weighted by Gasteiger charge is -2.31. The molecule has 0 saturated carbocycles. The highest BCUT2D eigenvalue weighted by Gasteiger charge is 2.18. The van der Waals surface area contributed by atoms with E-state index in [1.165, 1.54) is 35.9 Å². The minimum Gasteiger partial charge on any atom is -0.299 e. The lowest BCUT2D eigenvalue weighted by molar-refractivity contribution is 0.180. The van der Waals surface area contributed by atoms with Crippen LogP contribution >= 0.6 is 22.6 Å². The summed E-state index contributed by atoms with van der Waals surface area (Å²) in [4.78, 5) is 2.60. The van der Waals surface area contributed by atoms with Gasteiger partial charge in [0.2, 0.25) is 0 Å². The molecule has 15 heavy (non-hydrogen) atoms. The summed E-state index contributed by atoms with van der Waals surface area (Å²) in [6, 6.07) is 10.8. The Morgan fingerprint density at radius 2 is 2.07 bits per heavy atom. The van der Waals surface area contributed by atoms with E-state index in [9.17, 15) is 0 Å². The van der Waals surface area contributed by atoms with Gasteiger partial charge in [-0.2, -0.15) is 0 Å². The van der Waals surface area contributed by atoms with E-state index in [0.29, 0.717) is 0 Å². The van der Waals surface area contributed by atoms with Crippen LogP contribution in [0.4, 0.5) is 0 Å². The highest BCUT2D eigenvalue weighted by Crippen LogP contribution is 2.20. The smallest absolute Gasteiger partial charge is 0.0233 e. The zero-order valence-electron chi connectivity index (χ0n) is 9.03. The van der Waals surface area contributed by atoms with Gasteiger partial charge in [0.15, 0.2) is 0 Å². The number of piperidine rings is 1. The van der Waals surface area contributed by atoms with Crippen molar-refractivity contribution in [1.82, 2.24) is 4.90 Å². The summed E-state index contributed by atoms with van der Waals surface area (Å²) in [5.41, 5.74) is 1.45. The average molecular weight is 315 g/mol. The van der Waals surface area contributed by atoms with Crippen LogP contribution in [-0.4, -0.2) is 22.4 Å². The third-order valence-corrected chi connectivity index (χ3v) is 4.32. The molecule has 1 saturated heterocycles. The van der Waals surface area contributed by atoms with Gasteiger partial charge in [-0.05, 0) is 30.9 Å². The van der Waals surface area contributed by atoms with Crippen molar-refractivity contribution in [1.29, 1.82) is 0 Å². The molecule has 1 nitrogen and oxygen atoms in total. The molecule has 1 heterocycles. The van der Waals surface area contributed by atoms with E-state index in [1.54, 1.807) is 0 Å². The lowest BCUT2D eigenvalue weighted by atomic mass is 10.00. The highest BCUT2D eigenvalue weighted by molar-refractivity contribution is 14.1. The fourth-order valence-electron chi connectivity index (χ4n) is 2.26. The van der Waals surface area contributed by atoms with Crippen molar-refractivity contribution in [3.05, 3.63) is 35.9 Å². The Hall–Kier alpha value is -0.0900. The molecule has 2 rings (SSSR count). The summed E-state index contributed by atoms with van der Waals surface area (Å²) in [5, 5.41) is 0. The van der Waals surface area contributed by atoms with Crippen LogP contribution in [0.5, 0.6) is 0 Å². The molecule has 1 aromatic rings. The maximum atomic E-state index is 2.60. The van der Waals surface area contributed by atoms with E-state index < -0.39 is 0 Å². The van der Waals surface area contributed by atoms with Crippen molar-refractivity contribution in [2.75, 3.05) is 17.5 Å². The van der Waals surface area contributed by atoms with Crippen LogP contribution in [0.25, 0.3) is 0 Å². The first kappa shape index (κ1) is 11.4. The minimum atomic E-state index is 0.920. The molecule has 1 aromatic carbocycles. The van der Waals surface area contributed by atoms with Gasteiger partial charge >= 0.3 is 0 Å². The maximum Gasteiger partial charge on any atom is 0.0233 e. The molecule has 1 fully saturated rings. The van der Waals surface area contributed by atoms with E-state index in [2.05, 4.69) is 57.8 Å². The molecule has 0 bridgehead atoms. The zero-order chi connectivity index (χ0) is 10.5. The lowest BCUT2D eigenvalue weighted by Crippen LogP contribution is -2.35. The molecule has 0 spiro atoms. The molecule has 0 unspecified atom stereocenters. The number of benzene rings is 1. The summed E-state index contributed by atoms with van der Waals surface area (Å²) in [6.45, 7) is 3.70. The van der Waals surface area contributed by atoms with Crippen molar-refractivity contribution in [2.24, 2.45) is 5.92 Å². The number of alkyl halides is 1. The molecule has 1 atom stereocenters. The van der Waals surface area contributed by atoms with Gasteiger partial charge in [0.05, 0.1) is 0 Å². The number of hydrogen-bond donors (Lipinski definition) is 0. The second-order valence-corrected chi connectivity index (χ2v) is 5.26. The molecule has 0 amide bonds. The van der Waals surface area contributed by atoms with Gasteiger partial charge in [-0.3, -0.25) is 4.90 Å². The van der Waals surface area contributed by atoms with Crippen LogP contribution in [0.15, 0.2) is 30.3 Å². The standard InChI is InChI=1S/C13H18IN/c14-9-13-7-4-8-15(11-13)10-12-5-2-1-3-6-12/h1-3,5-6,13H,4,7-11H2/t13-/m1/s1. The molecule has 1 aliphatic rings. The molecule has 0 N–H and O–H groups in total. The molecule has 82 valence electrons. The van der Waals surface area contributed by atoms with E-state index in [0.717, 1.165) is 12.5 Å². The first-order valence-electron chi connectivity index (χ1n) is 5.70. The van der Waals surface area contributed by atoms with Crippen LogP contribution < -0.4 is 0 Å². The Bertz CT molecular complexity index is 286. The van der Waals surface area contributed by atoms with Crippen LogP contribution in [0.1, 0.15) is 18.4 Å². The van der Waals surface area contributed by atoms with Gasteiger partial charge in [0.25, 0.3) is 0 Å². The van der Waals surface area contributed by atoms with E-state index in [1.807, 2.05) is 0 Å². The molecule has 0 radical (unpaired) electrons. The topological polar surface area (TPSA) is 3.24 Å². The normalized spacial score (nSPS) is 22.9. The van der Waals surface area contributed by atoms with Crippen LogP contribution in [0.2, 0.25) is 0 Å². The Labute approximate surface area is 106 Å². The monoisotopic (exact) mass is 315 g/mol. The van der Waals surface area contributed by atoms with Gasteiger partial charge in [-0.15, -0.1) is 0 Å². The Morgan fingerprint density at radius 1 is 1.27 bits per heavy atom. The molecule has 0 aromatic heterocycles. The first-order valence-corrected chi connectivity index (χ1v) is 7.23. The minimum absolute atomic E-state index is 0.920. The number of halogens is 1. The van der Waals surface area contributed by atoms with Crippen LogP contribution in [0, 0.1) is 5.92 Å². The van der Waals surface area contributed by atoms with E-state index in [-0.39, 0.29) is 0 Å². The van der Waals surface area contributed by atoms with Gasteiger partial charge in [0, 0.05) is 17.5 Å². The second kappa shape index (κ2) is 5.85. The summed E-state index contributed by atoms with van der Waals surface area (Å²) in [6.07, 6.45) is 2.80. The van der Waals surface area contributed by atoms with Crippen molar-refractivity contribution >= 4 is 22.6 Å². The van der Waals surface area contributed by atoms with Crippen molar-refractivity contribution in [3.8, 4) is 0 Å². The molecular weight excluding hydrogens is 297 g/mol. The maximum absolute atomic E-state index is 2.60.